The molecule has 0 aliphatic heterocycles. The third-order valence-electron chi connectivity index (χ3n) is 3.96. The van der Waals surface area contributed by atoms with Crippen molar-refractivity contribution in [2.45, 2.75) is 20.8 Å². The second kappa shape index (κ2) is 11.9. The lowest BCUT2D eigenvalue weighted by Gasteiger charge is -2.14. The van der Waals surface area contributed by atoms with Gasteiger partial charge in [-0.15, -0.1) is 0 Å². The van der Waals surface area contributed by atoms with E-state index in [0.29, 0.717) is 42.5 Å². The van der Waals surface area contributed by atoms with E-state index >= 15 is 0 Å². The molecule has 0 aromatic heterocycles. The molecule has 0 aliphatic carbocycles. The number of hydrogen-bond donors (Lipinski definition) is 3. The van der Waals surface area contributed by atoms with Gasteiger partial charge in [-0.25, -0.2) is 0 Å². The van der Waals surface area contributed by atoms with Crippen LogP contribution in [0, 0.1) is 5.92 Å². The highest BCUT2D eigenvalue weighted by molar-refractivity contribution is 7.80. The predicted octanol–water partition coefficient (Wildman–Crippen LogP) is 3.82. The Balaban J connectivity index is 1.97. The number of ether oxygens (including phenoxy) is 2. The van der Waals surface area contributed by atoms with Gasteiger partial charge in [-0.1, -0.05) is 32.0 Å². The van der Waals surface area contributed by atoms with Crippen LogP contribution in [-0.4, -0.2) is 36.7 Å². The van der Waals surface area contributed by atoms with E-state index in [1.54, 1.807) is 48.5 Å². The summed E-state index contributed by atoms with van der Waals surface area (Å²) in [4.78, 5) is 24.5. The number of thiocarbonyl (C=S) groups is 1. The maximum absolute atomic E-state index is 12.6. The summed E-state index contributed by atoms with van der Waals surface area (Å²) in [5, 5.41) is 8.56. The minimum absolute atomic E-state index is 0.0797. The number of benzene rings is 2. The fraction of sp³-hybridized carbons (Fsp3) is 0.318. The van der Waals surface area contributed by atoms with E-state index in [1.807, 2.05) is 20.8 Å². The van der Waals surface area contributed by atoms with Crippen LogP contribution in [0.3, 0.4) is 0 Å². The van der Waals surface area contributed by atoms with E-state index in [0.717, 1.165) is 0 Å². The van der Waals surface area contributed by atoms with E-state index in [9.17, 15) is 9.59 Å². The molecule has 2 aromatic carbocycles. The van der Waals surface area contributed by atoms with Gasteiger partial charge in [0.05, 0.1) is 12.2 Å². The van der Waals surface area contributed by atoms with Crippen molar-refractivity contribution < 1.29 is 19.1 Å². The summed E-state index contributed by atoms with van der Waals surface area (Å²) >= 11 is 5.26. The predicted molar refractivity (Wildman–Crippen MR) is 122 cm³/mol. The van der Waals surface area contributed by atoms with Crippen molar-refractivity contribution in [3.63, 3.8) is 0 Å². The monoisotopic (exact) mass is 429 g/mol. The van der Waals surface area contributed by atoms with Crippen LogP contribution in [0.5, 0.6) is 5.75 Å². The highest BCUT2D eigenvalue weighted by atomic mass is 32.1. The van der Waals surface area contributed by atoms with Gasteiger partial charge >= 0.3 is 0 Å². The summed E-state index contributed by atoms with van der Waals surface area (Å²) in [6, 6.07) is 14.0. The van der Waals surface area contributed by atoms with Crippen LogP contribution in [0.25, 0.3) is 0 Å². The Bertz CT molecular complexity index is 886. The number of nitrogens with one attached hydrogen (secondary N) is 3. The zero-order valence-electron chi connectivity index (χ0n) is 17.4. The molecule has 8 heteroatoms. The number of amides is 2. The van der Waals surface area contributed by atoms with Gasteiger partial charge in [0.2, 0.25) is 5.91 Å². The van der Waals surface area contributed by atoms with E-state index in [2.05, 4.69) is 16.0 Å². The van der Waals surface area contributed by atoms with Crippen LogP contribution >= 0.6 is 12.2 Å². The molecule has 0 fully saturated rings. The Morgan fingerprint density at radius 2 is 1.70 bits per heavy atom. The Hall–Kier alpha value is -2.97. The molecule has 0 radical (unpaired) electrons. The average Bonchev–Trinajstić information content (AvgIpc) is 2.71. The standard InChI is InChI=1S/C22H27N3O4S/c1-4-28-12-13-29-19-11-6-5-10-18(19)21(27)25-22(30)24-17-9-7-8-16(14-17)23-20(26)15(2)3/h5-11,14-15H,4,12-13H2,1-3H3,(H,23,26)(H2,24,25,27,30). The molecule has 0 atom stereocenters. The molecule has 0 spiro atoms. The number of anilines is 2. The van der Waals surface area contributed by atoms with Crippen molar-refractivity contribution >= 4 is 40.5 Å². The highest BCUT2D eigenvalue weighted by Gasteiger charge is 2.14. The molecule has 2 amide bonds. The lowest BCUT2D eigenvalue weighted by Crippen LogP contribution is -2.34. The van der Waals surface area contributed by atoms with Gasteiger partial charge < -0.3 is 20.1 Å². The molecule has 0 heterocycles. The Morgan fingerprint density at radius 1 is 1.00 bits per heavy atom. The Labute approximate surface area is 182 Å². The summed E-state index contributed by atoms with van der Waals surface area (Å²) in [5.74, 6) is -0.138. The van der Waals surface area contributed by atoms with Gasteiger partial charge in [-0.3, -0.25) is 14.9 Å². The number of hydrogen-bond acceptors (Lipinski definition) is 5. The van der Waals surface area contributed by atoms with E-state index in [4.69, 9.17) is 21.7 Å². The van der Waals surface area contributed by atoms with Crippen LogP contribution in [0.2, 0.25) is 0 Å². The topological polar surface area (TPSA) is 88.7 Å². The van der Waals surface area contributed by atoms with Crippen molar-refractivity contribution in [2.75, 3.05) is 30.5 Å². The third kappa shape index (κ3) is 7.46. The number of rotatable bonds is 9. The highest BCUT2D eigenvalue weighted by Crippen LogP contribution is 2.19. The lowest BCUT2D eigenvalue weighted by atomic mass is 10.2. The summed E-state index contributed by atoms with van der Waals surface area (Å²) < 4.78 is 10.9. The van der Waals surface area contributed by atoms with Gasteiger partial charge in [0, 0.05) is 23.9 Å². The van der Waals surface area contributed by atoms with Crippen LogP contribution in [0.1, 0.15) is 31.1 Å². The Kier molecular flexibility index (Phi) is 9.24. The average molecular weight is 430 g/mol. The van der Waals surface area contributed by atoms with Crippen LogP contribution in [0.15, 0.2) is 48.5 Å². The number of para-hydroxylation sites is 1. The zero-order chi connectivity index (χ0) is 21.9. The summed E-state index contributed by atoms with van der Waals surface area (Å²) in [6.07, 6.45) is 0. The first-order chi connectivity index (χ1) is 14.4. The van der Waals surface area contributed by atoms with Crippen LogP contribution < -0.4 is 20.7 Å². The van der Waals surface area contributed by atoms with E-state index in [-0.39, 0.29) is 22.8 Å². The SMILES string of the molecule is CCOCCOc1ccccc1C(=O)NC(=S)Nc1cccc(NC(=O)C(C)C)c1. The number of carbonyl (C=O) groups excluding carboxylic acids is 2. The maximum atomic E-state index is 12.6. The smallest absolute Gasteiger partial charge is 0.261 e. The van der Waals surface area contributed by atoms with Crippen molar-refractivity contribution in [1.29, 1.82) is 0 Å². The van der Waals surface area contributed by atoms with Gasteiger partial charge in [0.1, 0.15) is 12.4 Å². The fourth-order valence-electron chi connectivity index (χ4n) is 2.43. The normalized spacial score (nSPS) is 10.4. The van der Waals surface area contributed by atoms with Gasteiger partial charge in [-0.05, 0) is 49.5 Å². The third-order valence-corrected chi connectivity index (χ3v) is 4.16. The van der Waals surface area contributed by atoms with Crippen molar-refractivity contribution in [3.05, 3.63) is 54.1 Å². The minimum Gasteiger partial charge on any atom is -0.490 e. The van der Waals surface area contributed by atoms with E-state index in [1.165, 1.54) is 0 Å². The van der Waals surface area contributed by atoms with Gasteiger partial charge in [0.15, 0.2) is 5.11 Å². The van der Waals surface area contributed by atoms with E-state index < -0.39 is 0 Å². The summed E-state index contributed by atoms with van der Waals surface area (Å²) in [5.41, 5.74) is 1.65. The zero-order valence-corrected chi connectivity index (χ0v) is 18.2. The second-order valence-corrected chi connectivity index (χ2v) is 7.08. The summed E-state index contributed by atoms with van der Waals surface area (Å²) in [6.45, 7) is 6.93. The first kappa shape index (κ1) is 23.3. The molecule has 0 aliphatic rings. The van der Waals surface area contributed by atoms with Gasteiger partial charge in [-0.2, -0.15) is 0 Å². The molecule has 30 heavy (non-hydrogen) atoms. The first-order valence-electron chi connectivity index (χ1n) is 9.73. The Morgan fingerprint density at radius 3 is 2.40 bits per heavy atom. The minimum atomic E-state index is -0.385. The van der Waals surface area contributed by atoms with Crippen LogP contribution in [-0.2, 0) is 9.53 Å². The summed E-state index contributed by atoms with van der Waals surface area (Å²) in [7, 11) is 0. The molecule has 0 unspecified atom stereocenters. The molecule has 0 bridgehead atoms. The van der Waals surface area contributed by atoms with Gasteiger partial charge in [0.25, 0.3) is 5.91 Å². The molecule has 0 saturated carbocycles. The first-order valence-corrected chi connectivity index (χ1v) is 10.1. The lowest BCUT2D eigenvalue weighted by molar-refractivity contribution is -0.118. The molecule has 160 valence electrons. The van der Waals surface area contributed by atoms with Crippen molar-refractivity contribution in [1.82, 2.24) is 5.32 Å². The molecule has 2 rings (SSSR count). The molecule has 2 aromatic rings. The molecule has 0 saturated heterocycles. The quantitative estimate of drug-likeness (QED) is 0.415. The largest absolute Gasteiger partial charge is 0.490 e. The van der Waals surface area contributed by atoms with Crippen LogP contribution in [0.4, 0.5) is 11.4 Å². The fourth-order valence-corrected chi connectivity index (χ4v) is 2.64. The maximum Gasteiger partial charge on any atom is 0.261 e. The second-order valence-electron chi connectivity index (χ2n) is 6.67. The molecular weight excluding hydrogens is 402 g/mol. The molecular formula is C22H27N3O4S. The molecule has 7 nitrogen and oxygen atoms in total. The van der Waals surface area contributed by atoms with Crippen molar-refractivity contribution in [3.8, 4) is 5.75 Å². The molecule has 3 N–H and O–H groups in total. The number of carbonyl (C=O) groups is 2. The van der Waals surface area contributed by atoms with Crippen molar-refractivity contribution in [2.24, 2.45) is 5.92 Å².